The summed E-state index contributed by atoms with van der Waals surface area (Å²) in [6.45, 7) is -1.49. The first-order valence-corrected chi connectivity index (χ1v) is 13.2. The molecule has 2 aliphatic heterocycles. The number of carbonyl (C=O) groups excluding carboxylic acids is 2. The summed E-state index contributed by atoms with van der Waals surface area (Å²) in [5.74, 6) is -4.15. The number of hydrogen-bond donors (Lipinski definition) is 1. The van der Waals surface area contributed by atoms with Crippen LogP contribution < -0.4 is 10.9 Å². The van der Waals surface area contributed by atoms with E-state index >= 15 is 0 Å². The molecule has 0 atom stereocenters. The smallest absolute Gasteiger partial charge is 0.275 e. The third-order valence-corrected chi connectivity index (χ3v) is 9.70. The van der Waals surface area contributed by atoms with Gasteiger partial charge in [-0.05, 0) is 42.7 Å². The molecule has 0 unspecified atom stereocenters. The molecule has 192 valence electrons. The number of fused-ring (bicyclic) bond motifs is 1. The molecule has 1 saturated heterocycles. The van der Waals surface area contributed by atoms with Crippen molar-refractivity contribution in [2.45, 2.75) is 36.6 Å². The van der Waals surface area contributed by atoms with E-state index < -0.39 is 51.2 Å². The fourth-order valence-corrected chi connectivity index (χ4v) is 6.90. The lowest BCUT2D eigenvalue weighted by Gasteiger charge is -2.41. The quantitative estimate of drug-likeness (QED) is 0.575. The van der Waals surface area contributed by atoms with Gasteiger partial charge in [0.15, 0.2) is 0 Å². The molecule has 1 aromatic heterocycles. The van der Waals surface area contributed by atoms with Gasteiger partial charge >= 0.3 is 0 Å². The molecule has 0 spiro atoms. The Bertz CT molecular complexity index is 1400. The Balaban J connectivity index is 1.28. The molecular formula is C23H23ClF2N4O5S. The van der Waals surface area contributed by atoms with Crippen LogP contribution in [0.3, 0.4) is 0 Å². The zero-order chi connectivity index (χ0) is 25.9. The van der Waals surface area contributed by atoms with Crippen LogP contribution in [0, 0.1) is 0 Å². The second-order valence-electron chi connectivity index (χ2n) is 9.44. The van der Waals surface area contributed by atoms with Crippen LogP contribution >= 0.6 is 11.6 Å². The van der Waals surface area contributed by atoms with Gasteiger partial charge in [-0.1, -0.05) is 23.7 Å². The van der Waals surface area contributed by atoms with Crippen LogP contribution in [0.25, 0.3) is 0 Å². The molecule has 3 heterocycles. The number of hydrogen-bond acceptors (Lipinski definition) is 5. The summed E-state index contributed by atoms with van der Waals surface area (Å²) >= 11 is 5.85. The van der Waals surface area contributed by atoms with Crippen molar-refractivity contribution in [1.29, 1.82) is 0 Å². The lowest BCUT2D eigenvalue weighted by atomic mass is 10.1. The summed E-state index contributed by atoms with van der Waals surface area (Å²) in [6, 6.07) is 9.51. The molecule has 1 N–H and O–H groups in total. The third-order valence-electron chi connectivity index (χ3n) is 6.87. The van der Waals surface area contributed by atoms with E-state index in [1.807, 2.05) is 0 Å². The summed E-state index contributed by atoms with van der Waals surface area (Å²) in [5.41, 5.74) is 0.103. The number of amides is 2. The number of nitrogens with zero attached hydrogens (tertiary/aromatic N) is 3. The van der Waals surface area contributed by atoms with E-state index in [9.17, 15) is 31.6 Å². The highest BCUT2D eigenvalue weighted by atomic mass is 35.5. The minimum Gasteiger partial charge on any atom is -0.348 e. The van der Waals surface area contributed by atoms with E-state index in [-0.39, 0.29) is 50.3 Å². The molecule has 0 bridgehead atoms. The highest BCUT2D eigenvalue weighted by Crippen LogP contribution is 2.48. The lowest BCUT2D eigenvalue weighted by Crippen LogP contribution is -2.62. The van der Waals surface area contributed by atoms with Gasteiger partial charge in [-0.2, -0.15) is 4.31 Å². The normalized spacial score (nSPS) is 20.4. The molecule has 13 heteroatoms. The lowest BCUT2D eigenvalue weighted by molar-refractivity contribution is -0.0950. The largest absolute Gasteiger partial charge is 0.348 e. The van der Waals surface area contributed by atoms with Crippen molar-refractivity contribution in [3.63, 3.8) is 0 Å². The zero-order valence-electron chi connectivity index (χ0n) is 19.0. The average molecular weight is 541 g/mol. The van der Waals surface area contributed by atoms with E-state index in [1.54, 1.807) is 24.3 Å². The molecule has 9 nitrogen and oxygen atoms in total. The Morgan fingerprint density at radius 3 is 2.31 bits per heavy atom. The van der Waals surface area contributed by atoms with Crippen LogP contribution in [0.5, 0.6) is 0 Å². The molecule has 1 aromatic carbocycles. The maximum atomic E-state index is 13.3. The summed E-state index contributed by atoms with van der Waals surface area (Å²) < 4.78 is 53.0. The van der Waals surface area contributed by atoms with Crippen LogP contribution in [0.15, 0.2) is 41.2 Å². The van der Waals surface area contributed by atoms with Gasteiger partial charge in [0.05, 0.1) is 13.1 Å². The SMILES string of the molecule is O=C(NCc1ccc(Cl)cc1)c1ccc2n(c1=O)CCN(CC1(S(=O)(=O)N3CC(F)(F)C3)CC1)C2=O. The van der Waals surface area contributed by atoms with E-state index in [1.165, 1.54) is 21.6 Å². The van der Waals surface area contributed by atoms with Crippen molar-refractivity contribution < 1.29 is 26.8 Å². The van der Waals surface area contributed by atoms with Gasteiger partial charge in [-0.3, -0.25) is 14.4 Å². The number of halogens is 3. The molecule has 3 aliphatic rings. The number of alkyl halides is 2. The summed E-state index contributed by atoms with van der Waals surface area (Å²) in [6.07, 6.45) is 0.557. The van der Waals surface area contributed by atoms with E-state index in [0.29, 0.717) is 5.02 Å². The third kappa shape index (κ3) is 4.31. The van der Waals surface area contributed by atoms with Gasteiger partial charge in [-0.25, -0.2) is 17.2 Å². The zero-order valence-corrected chi connectivity index (χ0v) is 20.6. The molecule has 5 rings (SSSR count). The van der Waals surface area contributed by atoms with Crippen LogP contribution in [0.4, 0.5) is 8.78 Å². The van der Waals surface area contributed by atoms with E-state index in [2.05, 4.69) is 5.32 Å². The predicted molar refractivity (Wildman–Crippen MR) is 127 cm³/mol. The first-order valence-electron chi connectivity index (χ1n) is 11.4. The number of benzene rings is 1. The van der Waals surface area contributed by atoms with Gasteiger partial charge < -0.3 is 14.8 Å². The van der Waals surface area contributed by atoms with Crippen LogP contribution in [-0.4, -0.2) is 70.9 Å². The number of sulfonamides is 1. The Kier molecular flexibility index (Phi) is 5.96. The second kappa shape index (κ2) is 8.63. The van der Waals surface area contributed by atoms with Crippen molar-refractivity contribution in [2.24, 2.45) is 0 Å². The Morgan fingerprint density at radius 2 is 1.69 bits per heavy atom. The van der Waals surface area contributed by atoms with Crippen molar-refractivity contribution in [3.8, 4) is 0 Å². The monoisotopic (exact) mass is 540 g/mol. The van der Waals surface area contributed by atoms with Crippen molar-refractivity contribution in [2.75, 3.05) is 26.2 Å². The number of rotatable bonds is 7. The molecule has 2 aromatic rings. The van der Waals surface area contributed by atoms with Gasteiger partial charge in [-0.15, -0.1) is 0 Å². The fraction of sp³-hybridized carbons (Fsp3) is 0.435. The minimum atomic E-state index is -3.99. The van der Waals surface area contributed by atoms with Gasteiger partial charge in [0.25, 0.3) is 23.3 Å². The molecule has 36 heavy (non-hydrogen) atoms. The fourth-order valence-electron chi connectivity index (χ4n) is 4.57. The first-order chi connectivity index (χ1) is 16.9. The van der Waals surface area contributed by atoms with Gasteiger partial charge in [0.1, 0.15) is 16.0 Å². The average Bonchev–Trinajstić information content (AvgIpc) is 3.60. The molecular weight excluding hydrogens is 518 g/mol. The predicted octanol–water partition coefficient (Wildman–Crippen LogP) is 1.70. The van der Waals surface area contributed by atoms with Gasteiger partial charge in [0, 0.05) is 31.2 Å². The van der Waals surface area contributed by atoms with E-state index in [4.69, 9.17) is 11.6 Å². The van der Waals surface area contributed by atoms with Crippen molar-refractivity contribution in [3.05, 3.63) is 68.6 Å². The maximum Gasteiger partial charge on any atom is 0.275 e. The standard InChI is InChI=1S/C23H23ClF2N4O5S/c24-16-3-1-15(2-4-16)11-27-19(31)17-5-6-18-21(33)28(9-10-30(18)20(17)32)12-22(7-8-22)36(34,35)29-13-23(25,26)14-29/h1-6H,7-14H2,(H,27,31). The van der Waals surface area contributed by atoms with Crippen LogP contribution in [0.1, 0.15) is 39.3 Å². The Labute approximate surface area is 210 Å². The molecule has 2 amide bonds. The number of carbonyl (C=O) groups is 2. The number of aromatic nitrogens is 1. The molecule has 2 fully saturated rings. The topological polar surface area (TPSA) is 109 Å². The first kappa shape index (κ1) is 24.8. The molecule has 1 saturated carbocycles. The summed E-state index contributed by atoms with van der Waals surface area (Å²) in [5, 5.41) is 3.23. The molecule has 0 radical (unpaired) electrons. The van der Waals surface area contributed by atoms with Crippen LogP contribution in [-0.2, 0) is 23.1 Å². The van der Waals surface area contributed by atoms with Gasteiger partial charge in [0.2, 0.25) is 10.0 Å². The highest BCUT2D eigenvalue weighted by Gasteiger charge is 2.62. The van der Waals surface area contributed by atoms with E-state index in [0.717, 1.165) is 9.87 Å². The second-order valence-corrected chi connectivity index (χ2v) is 12.2. The minimum absolute atomic E-state index is 0.0455. The van der Waals surface area contributed by atoms with Crippen LogP contribution in [0.2, 0.25) is 5.02 Å². The number of nitrogens with one attached hydrogen (secondary N) is 1. The summed E-state index contributed by atoms with van der Waals surface area (Å²) in [7, 11) is -3.99. The number of pyridine rings is 1. The Hall–Kier alpha value is -2.83. The Morgan fingerprint density at radius 1 is 1.03 bits per heavy atom. The van der Waals surface area contributed by atoms with Crippen molar-refractivity contribution >= 4 is 33.4 Å². The maximum absolute atomic E-state index is 13.3. The van der Waals surface area contributed by atoms with Crippen molar-refractivity contribution in [1.82, 2.24) is 19.1 Å². The highest BCUT2D eigenvalue weighted by molar-refractivity contribution is 7.90. The molecule has 1 aliphatic carbocycles. The summed E-state index contributed by atoms with van der Waals surface area (Å²) in [4.78, 5) is 40.0.